The lowest BCUT2D eigenvalue weighted by Gasteiger charge is -2.33. The number of alkyl halides is 3. The molecule has 0 unspecified atom stereocenters. The van der Waals surface area contributed by atoms with Gasteiger partial charge in [-0.15, -0.1) is 0 Å². The van der Waals surface area contributed by atoms with Crippen LogP contribution < -0.4 is 5.32 Å². The number of aliphatic carboxylic acids is 1. The summed E-state index contributed by atoms with van der Waals surface area (Å²) in [5, 5.41) is 11.4. The molecule has 4 rings (SSSR count). The van der Waals surface area contributed by atoms with Crippen LogP contribution in [0.3, 0.4) is 0 Å². The molecule has 31 heavy (non-hydrogen) atoms. The Bertz CT molecular complexity index is 829. The first-order valence-corrected chi connectivity index (χ1v) is 10.5. The second-order valence-corrected chi connectivity index (χ2v) is 8.71. The van der Waals surface area contributed by atoms with Crippen molar-refractivity contribution < 1.29 is 37.5 Å². The number of nitrogens with one attached hydrogen (secondary N) is 1. The summed E-state index contributed by atoms with van der Waals surface area (Å²) in [6, 6.07) is -2.12. The lowest BCUT2D eigenvalue weighted by molar-refractivity contribution is -0.187. The van der Waals surface area contributed by atoms with Gasteiger partial charge in [0.1, 0.15) is 12.1 Å². The zero-order valence-corrected chi connectivity index (χ0v) is 16.7. The molecule has 6 atom stereocenters. The van der Waals surface area contributed by atoms with Crippen LogP contribution in [0.1, 0.15) is 25.7 Å². The Balaban J connectivity index is 1.55. The quantitative estimate of drug-likeness (QED) is 0.611. The molecule has 2 heterocycles. The SMILES string of the molecule is O=C(O)CCNC(=O)[C@@H]1[C@@H]2[C@H](CN1C(=O)[C@H]1CCCN1C(=O)C(F)(F)F)[C@@H]1C=C[C@H]2C1. The minimum Gasteiger partial charge on any atom is -0.481 e. The normalized spacial score (nSPS) is 33.6. The Morgan fingerprint density at radius 3 is 2.48 bits per heavy atom. The van der Waals surface area contributed by atoms with Crippen molar-refractivity contribution in [3.8, 4) is 0 Å². The molecular weight excluding hydrogens is 419 g/mol. The van der Waals surface area contributed by atoms with E-state index >= 15 is 0 Å². The molecular formula is C20H24F3N3O5. The highest BCUT2D eigenvalue weighted by Gasteiger charge is 2.59. The molecule has 11 heteroatoms. The van der Waals surface area contributed by atoms with Crippen LogP contribution in [-0.2, 0) is 19.2 Å². The summed E-state index contributed by atoms with van der Waals surface area (Å²) < 4.78 is 39.0. The van der Waals surface area contributed by atoms with Crippen molar-refractivity contribution in [2.45, 2.75) is 43.9 Å². The van der Waals surface area contributed by atoms with Gasteiger partial charge in [-0.3, -0.25) is 19.2 Å². The Kier molecular flexibility index (Phi) is 5.47. The third-order valence-electron chi connectivity index (χ3n) is 7.03. The second kappa shape index (κ2) is 7.83. The maximum atomic E-state index is 13.3. The number of carbonyl (C=O) groups is 4. The number of amides is 3. The van der Waals surface area contributed by atoms with Crippen molar-refractivity contribution in [2.24, 2.45) is 23.7 Å². The van der Waals surface area contributed by atoms with Crippen molar-refractivity contribution in [3.05, 3.63) is 12.2 Å². The molecule has 0 aromatic carbocycles. The zero-order valence-electron chi connectivity index (χ0n) is 16.7. The van der Waals surface area contributed by atoms with E-state index in [-0.39, 0.29) is 62.6 Å². The van der Waals surface area contributed by atoms with E-state index in [1.165, 1.54) is 4.90 Å². The molecule has 0 radical (unpaired) electrons. The van der Waals surface area contributed by atoms with E-state index in [1.54, 1.807) is 0 Å². The number of fused-ring (bicyclic) bond motifs is 5. The maximum Gasteiger partial charge on any atom is 0.471 e. The Hall–Kier alpha value is -2.59. The van der Waals surface area contributed by atoms with Gasteiger partial charge in [0.25, 0.3) is 0 Å². The predicted molar refractivity (Wildman–Crippen MR) is 99.3 cm³/mol. The molecule has 3 amide bonds. The second-order valence-electron chi connectivity index (χ2n) is 8.71. The van der Waals surface area contributed by atoms with Crippen LogP contribution in [0.4, 0.5) is 13.2 Å². The Labute approximate surface area is 176 Å². The zero-order chi connectivity index (χ0) is 22.5. The van der Waals surface area contributed by atoms with Crippen molar-refractivity contribution in [1.82, 2.24) is 15.1 Å². The van der Waals surface area contributed by atoms with E-state index in [9.17, 15) is 32.3 Å². The fourth-order valence-electron chi connectivity index (χ4n) is 5.80. The summed E-state index contributed by atoms with van der Waals surface area (Å²) in [4.78, 5) is 50.8. The molecule has 0 spiro atoms. The molecule has 2 bridgehead atoms. The topological polar surface area (TPSA) is 107 Å². The molecule has 3 fully saturated rings. The van der Waals surface area contributed by atoms with Gasteiger partial charge in [0.15, 0.2) is 0 Å². The lowest BCUT2D eigenvalue weighted by Crippen LogP contribution is -2.56. The summed E-state index contributed by atoms with van der Waals surface area (Å²) in [5.41, 5.74) is 0. The average molecular weight is 443 g/mol. The molecule has 2 saturated heterocycles. The monoisotopic (exact) mass is 443 g/mol. The average Bonchev–Trinajstić information content (AvgIpc) is 3.46. The molecule has 0 aromatic heterocycles. The van der Waals surface area contributed by atoms with E-state index in [2.05, 4.69) is 11.4 Å². The standard InChI is InChI=1S/C20H24F3N3O5/c21-20(22,23)19(31)25-7-1-2-13(25)18(30)26-9-12-10-3-4-11(8-10)15(12)16(26)17(29)24-6-5-14(27)28/h3-4,10-13,15-16H,1-2,5-9H2,(H,24,29)(H,27,28)/t10-,11+,12-,13-,15+,16+/m1/s1. The highest BCUT2D eigenvalue weighted by atomic mass is 19.4. The molecule has 170 valence electrons. The fourth-order valence-corrected chi connectivity index (χ4v) is 5.80. The van der Waals surface area contributed by atoms with Gasteiger partial charge in [-0.25, -0.2) is 0 Å². The van der Waals surface area contributed by atoms with Crippen LogP contribution in [0.25, 0.3) is 0 Å². The number of allylic oxidation sites excluding steroid dienone is 2. The summed E-state index contributed by atoms with van der Waals surface area (Å²) in [6.07, 6.45) is 0.00907. The summed E-state index contributed by atoms with van der Waals surface area (Å²) in [6.45, 7) is -0.00949. The van der Waals surface area contributed by atoms with E-state index < -0.39 is 42.0 Å². The molecule has 8 nitrogen and oxygen atoms in total. The number of rotatable bonds is 5. The first kappa shape index (κ1) is 21.6. The molecule has 4 aliphatic rings. The number of carbonyl (C=O) groups excluding carboxylic acids is 3. The van der Waals surface area contributed by atoms with Crippen molar-refractivity contribution in [1.29, 1.82) is 0 Å². The van der Waals surface area contributed by atoms with Crippen LogP contribution in [0.2, 0.25) is 0 Å². The Morgan fingerprint density at radius 2 is 1.81 bits per heavy atom. The van der Waals surface area contributed by atoms with Crippen molar-refractivity contribution in [3.63, 3.8) is 0 Å². The van der Waals surface area contributed by atoms with E-state index in [4.69, 9.17) is 5.11 Å². The lowest BCUT2D eigenvalue weighted by atomic mass is 9.81. The molecule has 1 saturated carbocycles. The maximum absolute atomic E-state index is 13.3. The number of likely N-dealkylation sites (tertiary alicyclic amines) is 2. The van der Waals surface area contributed by atoms with Gasteiger partial charge in [0.05, 0.1) is 6.42 Å². The fraction of sp³-hybridized carbons (Fsp3) is 0.700. The third-order valence-corrected chi connectivity index (χ3v) is 7.03. The van der Waals surface area contributed by atoms with Gasteiger partial charge in [0, 0.05) is 19.6 Å². The summed E-state index contributed by atoms with van der Waals surface area (Å²) in [7, 11) is 0. The molecule has 2 N–H and O–H groups in total. The van der Waals surface area contributed by atoms with Crippen LogP contribution >= 0.6 is 0 Å². The van der Waals surface area contributed by atoms with Crippen molar-refractivity contribution >= 4 is 23.7 Å². The highest BCUT2D eigenvalue weighted by molar-refractivity contribution is 5.94. The van der Waals surface area contributed by atoms with E-state index in [1.807, 2.05) is 6.08 Å². The smallest absolute Gasteiger partial charge is 0.471 e. The van der Waals surface area contributed by atoms with Crippen LogP contribution in [0.15, 0.2) is 12.2 Å². The van der Waals surface area contributed by atoms with E-state index in [0.717, 1.165) is 6.42 Å². The number of nitrogens with zero attached hydrogens (tertiary/aromatic N) is 2. The van der Waals surface area contributed by atoms with Crippen molar-refractivity contribution in [2.75, 3.05) is 19.6 Å². The van der Waals surface area contributed by atoms with Gasteiger partial charge in [0.2, 0.25) is 11.8 Å². The first-order valence-electron chi connectivity index (χ1n) is 10.5. The van der Waals surface area contributed by atoms with E-state index in [0.29, 0.717) is 4.90 Å². The van der Waals surface area contributed by atoms with Crippen LogP contribution in [0, 0.1) is 23.7 Å². The number of hydrogen-bond donors (Lipinski definition) is 2. The Morgan fingerprint density at radius 1 is 1.10 bits per heavy atom. The highest BCUT2D eigenvalue weighted by Crippen LogP contribution is 2.54. The molecule has 2 aliphatic heterocycles. The third kappa shape index (κ3) is 3.78. The largest absolute Gasteiger partial charge is 0.481 e. The van der Waals surface area contributed by atoms with Gasteiger partial charge in [-0.05, 0) is 42.9 Å². The van der Waals surface area contributed by atoms with Gasteiger partial charge in [-0.1, -0.05) is 12.2 Å². The summed E-state index contributed by atoms with van der Waals surface area (Å²) >= 11 is 0. The number of hydrogen-bond acceptors (Lipinski definition) is 4. The van der Waals surface area contributed by atoms with Crippen LogP contribution in [0.5, 0.6) is 0 Å². The predicted octanol–water partition coefficient (Wildman–Crippen LogP) is 0.780. The number of carboxylic acids is 1. The first-order chi connectivity index (χ1) is 14.6. The molecule has 0 aromatic rings. The number of carboxylic acid groups (broad SMARTS) is 1. The van der Waals surface area contributed by atoms with Gasteiger partial charge >= 0.3 is 18.1 Å². The number of halogens is 3. The summed E-state index contributed by atoms with van der Waals surface area (Å²) in [5.74, 6) is -4.06. The minimum absolute atomic E-state index is 0.0299. The minimum atomic E-state index is -5.07. The van der Waals surface area contributed by atoms with Gasteiger partial charge < -0.3 is 20.2 Å². The molecule has 2 aliphatic carbocycles. The van der Waals surface area contributed by atoms with Gasteiger partial charge in [-0.2, -0.15) is 13.2 Å². The van der Waals surface area contributed by atoms with Crippen LogP contribution in [-0.4, -0.2) is 76.5 Å².